The Balaban J connectivity index is 4.37. The van der Waals surface area contributed by atoms with Crippen LogP contribution in [0.1, 0.15) is 53.4 Å². The number of nitrogens with one attached hydrogen (secondary N) is 2. The van der Waals surface area contributed by atoms with Gasteiger partial charge in [0.2, 0.25) is 5.91 Å². The Bertz CT molecular complexity index is 281. The SMILES string of the molecule is CCCCNC(=O)C(C)NC(C)(CCC)C(=O)O. The highest BCUT2D eigenvalue weighted by Gasteiger charge is 2.34. The van der Waals surface area contributed by atoms with E-state index < -0.39 is 17.6 Å². The van der Waals surface area contributed by atoms with Crippen molar-refractivity contribution in [1.82, 2.24) is 10.6 Å². The number of carbonyl (C=O) groups is 2. The lowest BCUT2D eigenvalue weighted by atomic mass is 9.95. The summed E-state index contributed by atoms with van der Waals surface area (Å²) in [6, 6.07) is -0.505. The van der Waals surface area contributed by atoms with Gasteiger partial charge in [0.15, 0.2) is 0 Å². The number of amides is 1. The largest absolute Gasteiger partial charge is 0.480 e. The van der Waals surface area contributed by atoms with E-state index in [9.17, 15) is 14.7 Å². The van der Waals surface area contributed by atoms with Crippen molar-refractivity contribution in [1.29, 1.82) is 0 Å². The van der Waals surface area contributed by atoms with Crippen molar-refractivity contribution in [2.75, 3.05) is 6.54 Å². The molecule has 0 fully saturated rings. The normalized spacial score (nSPS) is 15.8. The molecule has 0 aromatic rings. The van der Waals surface area contributed by atoms with Gasteiger partial charge in [-0.2, -0.15) is 0 Å². The van der Waals surface area contributed by atoms with Gasteiger partial charge in [-0.25, -0.2) is 0 Å². The molecule has 0 heterocycles. The molecule has 106 valence electrons. The standard InChI is InChI=1S/C13H26N2O3/c1-5-7-9-14-11(16)10(3)15-13(4,8-6-2)12(17)18/h10,15H,5-9H2,1-4H3,(H,14,16)(H,17,18). The minimum absolute atomic E-state index is 0.146. The second kappa shape index (κ2) is 8.08. The van der Waals surface area contributed by atoms with Crippen molar-refractivity contribution in [3.05, 3.63) is 0 Å². The first-order chi connectivity index (χ1) is 8.37. The first-order valence-corrected chi connectivity index (χ1v) is 6.66. The lowest BCUT2D eigenvalue weighted by Crippen LogP contribution is -2.57. The second-order valence-electron chi connectivity index (χ2n) is 4.90. The molecule has 0 aliphatic rings. The van der Waals surface area contributed by atoms with Gasteiger partial charge >= 0.3 is 5.97 Å². The van der Waals surface area contributed by atoms with Crippen molar-refractivity contribution in [3.8, 4) is 0 Å². The van der Waals surface area contributed by atoms with Crippen LogP contribution in [0.3, 0.4) is 0 Å². The van der Waals surface area contributed by atoms with Crippen LogP contribution in [0.25, 0.3) is 0 Å². The van der Waals surface area contributed by atoms with Crippen molar-refractivity contribution < 1.29 is 14.7 Å². The lowest BCUT2D eigenvalue weighted by molar-refractivity contribution is -0.145. The molecule has 0 aromatic carbocycles. The van der Waals surface area contributed by atoms with Crippen LogP contribution in [0.2, 0.25) is 0 Å². The highest BCUT2D eigenvalue weighted by atomic mass is 16.4. The van der Waals surface area contributed by atoms with Crippen LogP contribution in [-0.4, -0.2) is 35.1 Å². The Morgan fingerprint density at radius 3 is 2.33 bits per heavy atom. The topological polar surface area (TPSA) is 78.4 Å². The average molecular weight is 258 g/mol. The van der Waals surface area contributed by atoms with Crippen molar-refractivity contribution in [3.63, 3.8) is 0 Å². The third-order valence-corrected chi connectivity index (χ3v) is 2.98. The summed E-state index contributed by atoms with van der Waals surface area (Å²) >= 11 is 0. The third-order valence-electron chi connectivity index (χ3n) is 2.98. The van der Waals surface area contributed by atoms with Crippen LogP contribution in [0.5, 0.6) is 0 Å². The van der Waals surface area contributed by atoms with E-state index in [1.165, 1.54) is 0 Å². The molecule has 18 heavy (non-hydrogen) atoms. The molecule has 0 rings (SSSR count). The highest BCUT2D eigenvalue weighted by molar-refractivity contribution is 5.84. The fourth-order valence-electron chi connectivity index (χ4n) is 1.83. The number of aliphatic carboxylic acids is 1. The summed E-state index contributed by atoms with van der Waals surface area (Å²) in [7, 11) is 0. The van der Waals surface area contributed by atoms with Crippen molar-refractivity contribution >= 4 is 11.9 Å². The van der Waals surface area contributed by atoms with Gasteiger partial charge < -0.3 is 10.4 Å². The third kappa shape index (κ3) is 5.49. The van der Waals surface area contributed by atoms with Gasteiger partial charge in [0.05, 0.1) is 6.04 Å². The summed E-state index contributed by atoms with van der Waals surface area (Å²) in [5.74, 6) is -1.07. The van der Waals surface area contributed by atoms with Crippen LogP contribution in [0.15, 0.2) is 0 Å². The fraction of sp³-hybridized carbons (Fsp3) is 0.846. The minimum atomic E-state index is -1.05. The van der Waals surface area contributed by atoms with Crippen LogP contribution in [-0.2, 0) is 9.59 Å². The summed E-state index contributed by atoms with van der Waals surface area (Å²) in [5.41, 5.74) is -1.05. The molecule has 0 aliphatic carbocycles. The number of carboxylic acids is 1. The van der Waals surface area contributed by atoms with E-state index >= 15 is 0 Å². The molecule has 2 atom stereocenters. The van der Waals surface area contributed by atoms with Crippen molar-refractivity contribution in [2.45, 2.75) is 65.0 Å². The molecule has 0 radical (unpaired) electrons. The Labute approximate surface area is 109 Å². The van der Waals surface area contributed by atoms with Crippen LogP contribution in [0.4, 0.5) is 0 Å². The maximum Gasteiger partial charge on any atom is 0.323 e. The molecular weight excluding hydrogens is 232 g/mol. The van der Waals surface area contributed by atoms with Gasteiger partial charge in [-0.05, 0) is 26.7 Å². The molecule has 0 bridgehead atoms. The van der Waals surface area contributed by atoms with E-state index in [4.69, 9.17) is 0 Å². The summed E-state index contributed by atoms with van der Waals surface area (Å²) in [4.78, 5) is 23.0. The van der Waals surface area contributed by atoms with E-state index in [1.807, 2.05) is 6.92 Å². The molecule has 0 saturated carbocycles. The molecule has 0 aliphatic heterocycles. The number of unbranched alkanes of at least 4 members (excludes halogenated alkanes) is 1. The summed E-state index contributed by atoms with van der Waals surface area (Å²) < 4.78 is 0. The first-order valence-electron chi connectivity index (χ1n) is 6.66. The molecule has 5 nitrogen and oxygen atoms in total. The molecule has 0 aromatic heterocycles. The van der Waals surface area contributed by atoms with E-state index in [1.54, 1.807) is 13.8 Å². The minimum Gasteiger partial charge on any atom is -0.480 e. The Hall–Kier alpha value is -1.10. The number of rotatable bonds is 9. The second-order valence-corrected chi connectivity index (χ2v) is 4.90. The maximum atomic E-state index is 11.8. The van der Waals surface area contributed by atoms with E-state index in [2.05, 4.69) is 17.6 Å². The predicted molar refractivity (Wildman–Crippen MR) is 71.5 cm³/mol. The van der Waals surface area contributed by atoms with Gasteiger partial charge in [-0.1, -0.05) is 26.7 Å². The number of hydrogen-bond donors (Lipinski definition) is 3. The Kier molecular flexibility index (Phi) is 7.59. The number of hydrogen-bond acceptors (Lipinski definition) is 3. The van der Waals surface area contributed by atoms with Crippen LogP contribution < -0.4 is 10.6 Å². The van der Waals surface area contributed by atoms with E-state index in [0.29, 0.717) is 13.0 Å². The van der Waals surface area contributed by atoms with E-state index in [-0.39, 0.29) is 5.91 Å². The van der Waals surface area contributed by atoms with Gasteiger partial charge in [0.1, 0.15) is 5.54 Å². The fourth-order valence-corrected chi connectivity index (χ4v) is 1.83. The van der Waals surface area contributed by atoms with Crippen molar-refractivity contribution in [2.24, 2.45) is 0 Å². The molecule has 2 unspecified atom stereocenters. The van der Waals surface area contributed by atoms with Crippen LogP contribution in [0, 0.1) is 0 Å². The number of carboxylic acid groups (broad SMARTS) is 1. The summed E-state index contributed by atoms with van der Waals surface area (Å²) in [5, 5.41) is 14.9. The molecule has 3 N–H and O–H groups in total. The maximum absolute atomic E-state index is 11.8. The van der Waals surface area contributed by atoms with Gasteiger partial charge in [0.25, 0.3) is 0 Å². The zero-order valence-corrected chi connectivity index (χ0v) is 11.9. The van der Waals surface area contributed by atoms with Gasteiger partial charge in [-0.15, -0.1) is 0 Å². The van der Waals surface area contributed by atoms with Gasteiger partial charge in [-0.3, -0.25) is 14.9 Å². The smallest absolute Gasteiger partial charge is 0.323 e. The molecule has 5 heteroatoms. The average Bonchev–Trinajstić information content (AvgIpc) is 2.29. The number of carbonyl (C=O) groups excluding carboxylic acids is 1. The Morgan fingerprint density at radius 2 is 1.89 bits per heavy atom. The summed E-state index contributed by atoms with van der Waals surface area (Å²) in [6.07, 6.45) is 3.20. The molecule has 0 spiro atoms. The first kappa shape index (κ1) is 16.9. The quantitative estimate of drug-likeness (QED) is 0.548. The monoisotopic (exact) mass is 258 g/mol. The molecule has 1 amide bonds. The highest BCUT2D eigenvalue weighted by Crippen LogP contribution is 2.13. The lowest BCUT2D eigenvalue weighted by Gasteiger charge is -2.29. The summed E-state index contributed by atoms with van der Waals surface area (Å²) in [6.45, 7) is 7.93. The zero-order chi connectivity index (χ0) is 14.2. The van der Waals surface area contributed by atoms with Crippen LogP contribution >= 0.6 is 0 Å². The zero-order valence-electron chi connectivity index (χ0n) is 11.9. The van der Waals surface area contributed by atoms with Gasteiger partial charge in [0, 0.05) is 6.54 Å². The predicted octanol–water partition coefficient (Wildman–Crippen LogP) is 1.52. The molecular formula is C13H26N2O3. The Morgan fingerprint density at radius 1 is 1.28 bits per heavy atom. The molecule has 0 saturated heterocycles. The van der Waals surface area contributed by atoms with E-state index in [0.717, 1.165) is 19.3 Å².